The first-order valence-electron chi connectivity index (χ1n) is 8.88. The van der Waals surface area contributed by atoms with E-state index in [-0.39, 0.29) is 5.75 Å². The summed E-state index contributed by atoms with van der Waals surface area (Å²) in [5.74, 6) is -0.926. The molecule has 0 spiro atoms. The Hall–Kier alpha value is -4.11. The summed E-state index contributed by atoms with van der Waals surface area (Å²) in [4.78, 5) is 24.6. The first-order valence-corrected chi connectivity index (χ1v) is 8.88. The number of benzene rings is 3. The van der Waals surface area contributed by atoms with E-state index in [9.17, 15) is 14.7 Å². The molecule has 3 rings (SSSR count). The van der Waals surface area contributed by atoms with Gasteiger partial charge in [0.2, 0.25) is 0 Å². The predicted molar refractivity (Wildman–Crippen MR) is 108 cm³/mol. The molecule has 2 N–H and O–H groups in total. The van der Waals surface area contributed by atoms with Gasteiger partial charge in [0.15, 0.2) is 6.10 Å². The minimum atomic E-state index is -1.01. The summed E-state index contributed by atoms with van der Waals surface area (Å²) >= 11 is 0. The quantitative estimate of drug-likeness (QED) is 0.643. The molecular formula is C23H18N2O4. The van der Waals surface area contributed by atoms with Crippen molar-refractivity contribution < 1.29 is 19.4 Å². The average Bonchev–Trinajstić information content (AvgIpc) is 2.74. The molecule has 0 aliphatic carbocycles. The van der Waals surface area contributed by atoms with Crippen LogP contribution in [0.5, 0.6) is 5.75 Å². The summed E-state index contributed by atoms with van der Waals surface area (Å²) in [7, 11) is 0. The third kappa shape index (κ3) is 4.99. The van der Waals surface area contributed by atoms with Crippen LogP contribution in [0.25, 0.3) is 11.1 Å². The smallest absolute Gasteiger partial charge is 0.338 e. The van der Waals surface area contributed by atoms with Crippen molar-refractivity contribution >= 4 is 17.6 Å². The van der Waals surface area contributed by atoms with Crippen molar-refractivity contribution in [1.82, 2.24) is 0 Å². The van der Waals surface area contributed by atoms with Gasteiger partial charge in [0, 0.05) is 5.69 Å². The van der Waals surface area contributed by atoms with Crippen LogP contribution in [0.3, 0.4) is 0 Å². The van der Waals surface area contributed by atoms with Crippen LogP contribution < -0.4 is 5.32 Å². The Kier molecular flexibility index (Phi) is 5.91. The lowest BCUT2D eigenvalue weighted by atomic mass is 10.0. The molecule has 144 valence electrons. The molecule has 1 atom stereocenters. The van der Waals surface area contributed by atoms with Crippen LogP contribution in [0, 0.1) is 11.3 Å². The molecule has 0 unspecified atom stereocenters. The maximum Gasteiger partial charge on any atom is 0.338 e. The van der Waals surface area contributed by atoms with Crippen LogP contribution in [-0.4, -0.2) is 23.1 Å². The Balaban J connectivity index is 1.62. The fraction of sp³-hybridized carbons (Fsp3) is 0.0870. The molecule has 0 heterocycles. The first-order chi connectivity index (χ1) is 14.0. The van der Waals surface area contributed by atoms with Gasteiger partial charge in [0.1, 0.15) is 5.75 Å². The monoisotopic (exact) mass is 386 g/mol. The number of rotatable bonds is 5. The highest BCUT2D eigenvalue weighted by Gasteiger charge is 2.19. The van der Waals surface area contributed by atoms with Gasteiger partial charge in [-0.25, -0.2) is 4.79 Å². The van der Waals surface area contributed by atoms with E-state index in [0.717, 1.165) is 11.1 Å². The van der Waals surface area contributed by atoms with Crippen LogP contribution in [-0.2, 0) is 9.53 Å². The van der Waals surface area contributed by atoms with E-state index < -0.39 is 18.0 Å². The number of nitrogens with one attached hydrogen (secondary N) is 1. The summed E-state index contributed by atoms with van der Waals surface area (Å²) in [6, 6.07) is 21.9. The van der Waals surface area contributed by atoms with E-state index in [1.807, 2.05) is 6.07 Å². The zero-order valence-electron chi connectivity index (χ0n) is 15.6. The molecule has 0 aliphatic rings. The second kappa shape index (κ2) is 8.72. The van der Waals surface area contributed by atoms with Crippen molar-refractivity contribution in [2.24, 2.45) is 0 Å². The number of nitrogens with zero attached hydrogens (tertiary/aromatic N) is 1. The van der Waals surface area contributed by atoms with E-state index in [4.69, 9.17) is 10.00 Å². The molecule has 6 heteroatoms. The topological polar surface area (TPSA) is 99.4 Å². The molecule has 3 aromatic rings. The van der Waals surface area contributed by atoms with Crippen LogP contribution in [0.1, 0.15) is 22.8 Å². The van der Waals surface area contributed by atoms with Gasteiger partial charge in [0.25, 0.3) is 5.91 Å². The Morgan fingerprint density at radius 3 is 2.24 bits per heavy atom. The van der Waals surface area contributed by atoms with Gasteiger partial charge in [-0.05, 0) is 60.5 Å². The van der Waals surface area contributed by atoms with Gasteiger partial charge in [-0.2, -0.15) is 5.26 Å². The summed E-state index contributed by atoms with van der Waals surface area (Å²) in [6.45, 7) is 1.48. The number of anilines is 1. The van der Waals surface area contributed by atoms with Crippen molar-refractivity contribution in [1.29, 1.82) is 5.26 Å². The first kappa shape index (κ1) is 19.6. The van der Waals surface area contributed by atoms with E-state index in [0.29, 0.717) is 16.8 Å². The van der Waals surface area contributed by atoms with Crippen LogP contribution in [0.15, 0.2) is 72.8 Å². The maximum atomic E-state index is 12.3. The third-order valence-electron chi connectivity index (χ3n) is 4.23. The number of esters is 1. The number of phenols is 1. The Bertz CT molecular complexity index is 1070. The number of hydrogen-bond donors (Lipinski definition) is 2. The van der Waals surface area contributed by atoms with Gasteiger partial charge in [0.05, 0.1) is 17.2 Å². The number of phenolic OH excluding ortho intramolecular Hbond substituents is 1. The largest absolute Gasteiger partial charge is 0.508 e. The van der Waals surface area contributed by atoms with Gasteiger partial charge < -0.3 is 15.2 Å². The fourth-order valence-electron chi connectivity index (χ4n) is 2.65. The van der Waals surface area contributed by atoms with Crippen molar-refractivity contribution in [2.75, 3.05) is 5.32 Å². The molecule has 0 aliphatic heterocycles. The number of hydrogen-bond acceptors (Lipinski definition) is 5. The van der Waals surface area contributed by atoms with Crippen molar-refractivity contribution in [2.45, 2.75) is 13.0 Å². The lowest BCUT2D eigenvalue weighted by Gasteiger charge is -2.14. The second-order valence-electron chi connectivity index (χ2n) is 6.35. The van der Waals surface area contributed by atoms with Crippen LogP contribution >= 0.6 is 0 Å². The minimum Gasteiger partial charge on any atom is -0.508 e. The summed E-state index contributed by atoms with van der Waals surface area (Å²) in [6.07, 6.45) is -1.01. The van der Waals surface area contributed by atoms with Crippen molar-refractivity contribution in [3.8, 4) is 22.9 Å². The molecule has 3 aromatic carbocycles. The molecule has 1 amide bonds. The van der Waals surface area contributed by atoms with Crippen molar-refractivity contribution in [3.63, 3.8) is 0 Å². The van der Waals surface area contributed by atoms with Crippen LogP contribution in [0.4, 0.5) is 5.69 Å². The zero-order valence-corrected chi connectivity index (χ0v) is 15.6. The summed E-state index contributed by atoms with van der Waals surface area (Å²) in [5, 5.41) is 20.9. The zero-order chi connectivity index (χ0) is 20.8. The van der Waals surface area contributed by atoms with Gasteiger partial charge >= 0.3 is 5.97 Å². The molecule has 0 bridgehead atoms. The number of amides is 1. The minimum absolute atomic E-state index is 0.181. The molecule has 29 heavy (non-hydrogen) atoms. The number of carbonyl (C=O) groups excluding carboxylic acids is 2. The Morgan fingerprint density at radius 1 is 1.00 bits per heavy atom. The highest BCUT2D eigenvalue weighted by molar-refractivity contribution is 5.97. The standard InChI is InChI=1S/C23H18N2O4/c1-15(22(27)25-20-4-2-3-16(13-20)14-24)29-23(28)19-7-5-17(6-8-19)18-9-11-21(26)12-10-18/h2-13,15,26H,1H3,(H,25,27)/t15-/m0/s1. The van der Waals surface area contributed by atoms with Crippen molar-refractivity contribution in [3.05, 3.63) is 83.9 Å². The van der Waals surface area contributed by atoms with Crippen LogP contribution in [0.2, 0.25) is 0 Å². The molecule has 0 saturated carbocycles. The normalized spacial score (nSPS) is 11.2. The van der Waals surface area contributed by atoms with E-state index in [1.54, 1.807) is 66.7 Å². The van der Waals surface area contributed by atoms with Gasteiger partial charge in [-0.15, -0.1) is 0 Å². The molecule has 0 radical (unpaired) electrons. The maximum absolute atomic E-state index is 12.3. The van der Waals surface area contributed by atoms with Gasteiger partial charge in [-0.1, -0.05) is 30.3 Å². The Labute approximate surface area is 168 Å². The van der Waals surface area contributed by atoms with E-state index >= 15 is 0 Å². The number of nitriles is 1. The predicted octanol–water partition coefficient (Wildman–Crippen LogP) is 4.11. The summed E-state index contributed by atoms with van der Waals surface area (Å²) < 4.78 is 5.24. The molecule has 0 aromatic heterocycles. The second-order valence-corrected chi connectivity index (χ2v) is 6.35. The van der Waals surface area contributed by atoms with E-state index in [1.165, 1.54) is 13.0 Å². The molecule has 6 nitrogen and oxygen atoms in total. The summed E-state index contributed by atoms with van der Waals surface area (Å²) in [5.41, 5.74) is 2.97. The number of ether oxygens (including phenoxy) is 1. The molecule has 0 fully saturated rings. The molecular weight excluding hydrogens is 368 g/mol. The highest BCUT2D eigenvalue weighted by atomic mass is 16.5. The molecule has 0 saturated heterocycles. The van der Waals surface area contributed by atoms with Gasteiger partial charge in [-0.3, -0.25) is 4.79 Å². The number of aromatic hydroxyl groups is 1. The lowest BCUT2D eigenvalue weighted by Crippen LogP contribution is -2.30. The average molecular weight is 386 g/mol. The third-order valence-corrected chi connectivity index (χ3v) is 4.23. The highest BCUT2D eigenvalue weighted by Crippen LogP contribution is 2.22. The van der Waals surface area contributed by atoms with E-state index in [2.05, 4.69) is 5.32 Å². The number of carbonyl (C=O) groups is 2. The SMILES string of the molecule is C[C@H](OC(=O)c1ccc(-c2ccc(O)cc2)cc1)C(=O)Nc1cccc(C#N)c1. The lowest BCUT2D eigenvalue weighted by molar-refractivity contribution is -0.123. The fourth-order valence-corrected chi connectivity index (χ4v) is 2.65. The Morgan fingerprint density at radius 2 is 1.62 bits per heavy atom.